The van der Waals surface area contributed by atoms with Crippen LogP contribution in [-0.2, 0) is 0 Å². The fraction of sp³-hybridized carbons (Fsp3) is 0.550. The van der Waals surface area contributed by atoms with Crippen LogP contribution in [0, 0.1) is 13.8 Å². The van der Waals surface area contributed by atoms with Crippen molar-refractivity contribution >= 4 is 11.7 Å². The number of urea groups is 1. The number of aromatic nitrogens is 2. The minimum Gasteiger partial charge on any atom is -0.368 e. The van der Waals surface area contributed by atoms with E-state index >= 15 is 0 Å². The average molecular weight is 369 g/mol. The van der Waals surface area contributed by atoms with Gasteiger partial charge in [-0.2, -0.15) is 4.98 Å². The fourth-order valence-electron chi connectivity index (χ4n) is 3.99. The van der Waals surface area contributed by atoms with E-state index in [-0.39, 0.29) is 6.03 Å². The van der Waals surface area contributed by atoms with Crippen molar-refractivity contribution in [3.63, 3.8) is 0 Å². The molecule has 1 aromatic heterocycles. The van der Waals surface area contributed by atoms with Crippen molar-refractivity contribution in [2.45, 2.75) is 45.6 Å². The Morgan fingerprint density at radius 1 is 1.15 bits per heavy atom. The second-order valence-corrected chi connectivity index (χ2v) is 7.54. The summed E-state index contributed by atoms with van der Waals surface area (Å²) in [5.74, 6) is 1.18. The van der Waals surface area contributed by atoms with Gasteiger partial charge in [-0.3, -0.25) is 0 Å². The van der Waals surface area contributed by atoms with Gasteiger partial charge < -0.3 is 19.6 Å². The largest absolute Gasteiger partial charge is 0.368 e. The van der Waals surface area contributed by atoms with Gasteiger partial charge in [0, 0.05) is 50.4 Å². The van der Waals surface area contributed by atoms with Crippen LogP contribution < -0.4 is 10.2 Å². The Bertz CT molecular complexity index is 804. The van der Waals surface area contributed by atoms with E-state index in [0.717, 1.165) is 44.6 Å². The SMILES string of the molecule is Cc1nc(-c2ccc(C)c(N3CCN(C(=O)NC4CCCC4)CC3)c2)no1. The Kier molecular flexibility index (Phi) is 5.01. The van der Waals surface area contributed by atoms with Crippen LogP contribution in [0.25, 0.3) is 11.4 Å². The molecule has 1 aliphatic carbocycles. The molecular weight excluding hydrogens is 342 g/mol. The molecule has 1 saturated heterocycles. The quantitative estimate of drug-likeness (QED) is 0.900. The highest BCUT2D eigenvalue weighted by Crippen LogP contribution is 2.27. The lowest BCUT2D eigenvalue weighted by atomic mass is 10.1. The first-order valence-electron chi connectivity index (χ1n) is 9.82. The lowest BCUT2D eigenvalue weighted by molar-refractivity contribution is 0.190. The van der Waals surface area contributed by atoms with E-state index < -0.39 is 0 Å². The summed E-state index contributed by atoms with van der Waals surface area (Å²) in [5, 5.41) is 7.21. The zero-order chi connectivity index (χ0) is 18.8. The van der Waals surface area contributed by atoms with Crippen molar-refractivity contribution in [2.75, 3.05) is 31.1 Å². The Labute approximate surface area is 159 Å². The minimum absolute atomic E-state index is 0.0919. The smallest absolute Gasteiger partial charge is 0.317 e. The summed E-state index contributed by atoms with van der Waals surface area (Å²) in [6.45, 7) is 7.04. The highest BCUT2D eigenvalue weighted by Gasteiger charge is 2.25. The van der Waals surface area contributed by atoms with Crippen molar-refractivity contribution in [3.05, 3.63) is 29.7 Å². The highest BCUT2D eigenvalue weighted by molar-refractivity contribution is 5.75. The number of piperazine rings is 1. The number of nitrogens with zero attached hydrogens (tertiary/aromatic N) is 4. The van der Waals surface area contributed by atoms with Crippen molar-refractivity contribution in [1.82, 2.24) is 20.4 Å². The van der Waals surface area contributed by atoms with E-state index in [4.69, 9.17) is 4.52 Å². The van der Waals surface area contributed by atoms with Crippen LogP contribution in [0.2, 0.25) is 0 Å². The molecule has 2 aromatic rings. The summed E-state index contributed by atoms with van der Waals surface area (Å²) in [7, 11) is 0. The van der Waals surface area contributed by atoms with Gasteiger partial charge in [-0.05, 0) is 31.4 Å². The Morgan fingerprint density at radius 3 is 2.56 bits per heavy atom. The number of amides is 2. The topological polar surface area (TPSA) is 74.5 Å². The first kappa shape index (κ1) is 17.8. The van der Waals surface area contributed by atoms with Gasteiger partial charge in [0.25, 0.3) is 0 Å². The Balaban J connectivity index is 1.41. The van der Waals surface area contributed by atoms with Gasteiger partial charge in [0.15, 0.2) is 0 Å². The molecule has 2 aliphatic rings. The summed E-state index contributed by atoms with van der Waals surface area (Å²) in [5.41, 5.74) is 3.34. The van der Waals surface area contributed by atoms with Crippen molar-refractivity contribution in [3.8, 4) is 11.4 Å². The maximum absolute atomic E-state index is 12.5. The van der Waals surface area contributed by atoms with Gasteiger partial charge in [-0.25, -0.2) is 4.79 Å². The number of rotatable bonds is 3. The molecule has 1 saturated carbocycles. The molecule has 0 atom stereocenters. The zero-order valence-electron chi connectivity index (χ0n) is 16.1. The average Bonchev–Trinajstić information content (AvgIpc) is 3.34. The number of anilines is 1. The van der Waals surface area contributed by atoms with Gasteiger partial charge in [-0.15, -0.1) is 0 Å². The number of benzene rings is 1. The predicted molar refractivity (Wildman–Crippen MR) is 104 cm³/mol. The van der Waals surface area contributed by atoms with Crippen LogP contribution in [0.4, 0.5) is 10.5 Å². The fourth-order valence-corrected chi connectivity index (χ4v) is 3.99. The molecule has 2 fully saturated rings. The van der Waals surface area contributed by atoms with Gasteiger partial charge in [0.1, 0.15) is 0 Å². The first-order valence-corrected chi connectivity index (χ1v) is 9.82. The van der Waals surface area contributed by atoms with Crippen LogP contribution in [0.5, 0.6) is 0 Å². The summed E-state index contributed by atoms with van der Waals surface area (Å²) >= 11 is 0. The number of hydrogen-bond acceptors (Lipinski definition) is 5. The van der Waals surface area contributed by atoms with E-state index in [2.05, 4.69) is 39.4 Å². The summed E-state index contributed by atoms with van der Waals surface area (Å²) in [4.78, 5) is 21.1. The second kappa shape index (κ2) is 7.58. The Hall–Kier alpha value is -2.57. The summed E-state index contributed by atoms with van der Waals surface area (Å²) in [6.07, 6.45) is 4.70. The number of hydrogen-bond donors (Lipinski definition) is 1. The molecule has 2 heterocycles. The van der Waals surface area contributed by atoms with E-state index in [1.807, 2.05) is 11.0 Å². The monoisotopic (exact) mass is 369 g/mol. The van der Waals surface area contributed by atoms with Crippen molar-refractivity contribution < 1.29 is 9.32 Å². The van der Waals surface area contributed by atoms with E-state index in [1.165, 1.54) is 24.1 Å². The van der Waals surface area contributed by atoms with Crippen molar-refractivity contribution in [1.29, 1.82) is 0 Å². The highest BCUT2D eigenvalue weighted by atomic mass is 16.5. The number of carbonyl (C=O) groups excluding carboxylic acids is 1. The number of nitrogens with one attached hydrogen (secondary N) is 1. The van der Waals surface area contributed by atoms with Crippen LogP contribution in [0.15, 0.2) is 22.7 Å². The minimum atomic E-state index is 0.0919. The maximum atomic E-state index is 12.5. The molecule has 0 bridgehead atoms. The lowest BCUT2D eigenvalue weighted by Crippen LogP contribution is -2.53. The summed E-state index contributed by atoms with van der Waals surface area (Å²) in [6, 6.07) is 6.69. The molecule has 0 unspecified atom stereocenters. The van der Waals surface area contributed by atoms with Crippen LogP contribution >= 0.6 is 0 Å². The van der Waals surface area contributed by atoms with E-state index in [9.17, 15) is 4.79 Å². The molecule has 144 valence electrons. The third-order valence-corrected chi connectivity index (χ3v) is 5.59. The molecule has 1 aliphatic heterocycles. The molecule has 4 rings (SSSR count). The molecule has 7 nitrogen and oxygen atoms in total. The normalized spacial score (nSPS) is 18.1. The van der Waals surface area contributed by atoms with Gasteiger partial charge in [0.2, 0.25) is 11.7 Å². The summed E-state index contributed by atoms with van der Waals surface area (Å²) < 4.78 is 5.10. The zero-order valence-corrected chi connectivity index (χ0v) is 16.1. The molecule has 7 heteroatoms. The number of aryl methyl sites for hydroxylation is 2. The molecular formula is C20H27N5O2. The van der Waals surface area contributed by atoms with Gasteiger partial charge in [0.05, 0.1) is 0 Å². The van der Waals surface area contributed by atoms with Crippen LogP contribution in [-0.4, -0.2) is 53.3 Å². The van der Waals surface area contributed by atoms with Crippen molar-refractivity contribution in [2.24, 2.45) is 0 Å². The first-order chi connectivity index (χ1) is 13.1. The third-order valence-electron chi connectivity index (χ3n) is 5.59. The van der Waals surface area contributed by atoms with E-state index in [0.29, 0.717) is 17.8 Å². The molecule has 0 spiro atoms. The van der Waals surface area contributed by atoms with Crippen LogP contribution in [0.3, 0.4) is 0 Å². The van der Waals surface area contributed by atoms with Gasteiger partial charge >= 0.3 is 6.03 Å². The molecule has 1 N–H and O–H groups in total. The maximum Gasteiger partial charge on any atom is 0.317 e. The standard InChI is InChI=1S/C20H27N5O2/c1-14-7-8-16(19-21-15(2)27-23-19)13-18(14)24-9-11-25(12-10-24)20(26)22-17-5-3-4-6-17/h7-8,13,17H,3-6,9-12H2,1-2H3,(H,22,26). The lowest BCUT2D eigenvalue weighted by Gasteiger charge is -2.37. The van der Waals surface area contributed by atoms with Gasteiger partial charge in [-0.1, -0.05) is 30.1 Å². The predicted octanol–water partition coefficient (Wildman–Crippen LogP) is 3.13. The second-order valence-electron chi connectivity index (χ2n) is 7.54. The van der Waals surface area contributed by atoms with E-state index in [1.54, 1.807) is 6.92 Å². The molecule has 27 heavy (non-hydrogen) atoms. The van der Waals surface area contributed by atoms with Crippen LogP contribution in [0.1, 0.15) is 37.1 Å². The number of carbonyl (C=O) groups is 1. The molecule has 0 radical (unpaired) electrons. The Morgan fingerprint density at radius 2 is 1.89 bits per heavy atom. The molecule has 2 amide bonds. The molecule has 1 aromatic carbocycles. The third kappa shape index (κ3) is 3.91.